The Balaban J connectivity index is 0.00000338. The van der Waals surface area contributed by atoms with Crippen molar-refractivity contribution in [2.75, 3.05) is 39.1 Å². The van der Waals surface area contributed by atoms with Crippen LogP contribution >= 0.6 is 24.0 Å². The van der Waals surface area contributed by atoms with Crippen LogP contribution in [0.1, 0.15) is 49.4 Å². The Kier molecular flexibility index (Phi) is 10.1. The molecule has 0 spiro atoms. The first-order valence-electron chi connectivity index (χ1n) is 9.07. The molecule has 148 valence electrons. The fraction of sp³-hybridized carbons (Fsp3) is 0.632. The second-order valence-corrected chi connectivity index (χ2v) is 7.07. The monoisotopic (exact) mass is 404 g/mol. The Hall–Kier alpha value is -1.17. The predicted molar refractivity (Wildman–Crippen MR) is 109 cm³/mol. The average molecular weight is 405 g/mol. The van der Waals surface area contributed by atoms with Gasteiger partial charge in [-0.05, 0) is 44.3 Å². The van der Waals surface area contributed by atoms with Gasteiger partial charge in [-0.25, -0.2) is 4.79 Å². The summed E-state index contributed by atoms with van der Waals surface area (Å²) in [5.74, 6) is 0.567. The predicted octanol–water partition coefficient (Wildman–Crippen LogP) is 4.41. The minimum Gasteiger partial charge on any atom is -0.496 e. The highest BCUT2D eigenvalue weighted by atomic mass is 35.5. The molecule has 0 saturated carbocycles. The number of esters is 1. The number of nitrogens with two attached hydrogens (primary N) is 1. The number of methoxy groups -OCH3 is 1. The molecule has 2 N–H and O–H groups in total. The summed E-state index contributed by atoms with van der Waals surface area (Å²) in [4.78, 5) is 14.8. The summed E-state index contributed by atoms with van der Waals surface area (Å²) in [7, 11) is 1.49. The molecule has 1 aliphatic rings. The van der Waals surface area contributed by atoms with Crippen molar-refractivity contribution in [1.29, 1.82) is 0 Å². The number of hydrogen-bond donors (Lipinski definition) is 1. The molecule has 7 heteroatoms. The highest BCUT2D eigenvalue weighted by molar-refractivity contribution is 6.33. The minimum atomic E-state index is -0.420. The van der Waals surface area contributed by atoms with Crippen LogP contribution in [0, 0.1) is 5.92 Å². The van der Waals surface area contributed by atoms with E-state index in [9.17, 15) is 4.79 Å². The van der Waals surface area contributed by atoms with Gasteiger partial charge in [-0.15, -0.1) is 12.4 Å². The van der Waals surface area contributed by atoms with Crippen LogP contribution < -0.4 is 10.5 Å². The molecule has 1 saturated heterocycles. The number of ether oxygens (including phenoxy) is 2. The van der Waals surface area contributed by atoms with Crippen LogP contribution in [0.15, 0.2) is 12.1 Å². The first-order chi connectivity index (χ1) is 12.0. The lowest BCUT2D eigenvalue weighted by Crippen LogP contribution is -2.22. The lowest BCUT2D eigenvalue weighted by atomic mass is 10.1. The second-order valence-electron chi connectivity index (χ2n) is 6.66. The first-order valence-corrected chi connectivity index (χ1v) is 9.45. The van der Waals surface area contributed by atoms with Crippen LogP contribution in [0.3, 0.4) is 0 Å². The van der Waals surface area contributed by atoms with Gasteiger partial charge in [0.05, 0.1) is 24.4 Å². The normalized spacial score (nSPS) is 17.0. The summed E-state index contributed by atoms with van der Waals surface area (Å²) in [5, 5.41) is 0.325. The van der Waals surface area contributed by atoms with E-state index in [1.807, 2.05) is 0 Å². The number of carbonyl (C=O) groups excluding carboxylic acids is 1. The maximum Gasteiger partial charge on any atom is 0.341 e. The summed E-state index contributed by atoms with van der Waals surface area (Å²) in [5.41, 5.74) is 6.43. The van der Waals surface area contributed by atoms with Crippen molar-refractivity contribution in [3.63, 3.8) is 0 Å². The Bertz CT molecular complexity index is 584. The maximum absolute atomic E-state index is 12.3. The van der Waals surface area contributed by atoms with Crippen LogP contribution in [0.5, 0.6) is 5.75 Å². The first kappa shape index (κ1) is 22.9. The van der Waals surface area contributed by atoms with Gasteiger partial charge in [0.15, 0.2) is 0 Å². The third-order valence-corrected chi connectivity index (χ3v) is 5.07. The summed E-state index contributed by atoms with van der Waals surface area (Å²) in [6.07, 6.45) is 5.90. The molecule has 1 fully saturated rings. The van der Waals surface area contributed by atoms with Gasteiger partial charge in [0, 0.05) is 12.6 Å². The molecule has 0 amide bonds. The number of benzene rings is 1. The van der Waals surface area contributed by atoms with E-state index < -0.39 is 5.97 Å². The van der Waals surface area contributed by atoms with Gasteiger partial charge in [-0.2, -0.15) is 0 Å². The van der Waals surface area contributed by atoms with Crippen LogP contribution in [0.2, 0.25) is 5.02 Å². The Labute approximate surface area is 167 Å². The number of likely N-dealkylation sites (tertiary alicyclic amines) is 1. The molecule has 1 atom stereocenters. The number of nitrogen functional groups attached to an aromatic ring is 1. The second kappa shape index (κ2) is 11.5. The highest BCUT2D eigenvalue weighted by Gasteiger charge is 2.23. The fourth-order valence-corrected chi connectivity index (χ4v) is 3.39. The van der Waals surface area contributed by atoms with Crippen molar-refractivity contribution in [2.45, 2.75) is 39.0 Å². The smallest absolute Gasteiger partial charge is 0.341 e. The molecule has 0 aromatic heterocycles. The average Bonchev–Trinajstić information content (AvgIpc) is 3.04. The zero-order chi connectivity index (χ0) is 18.2. The molecule has 0 bridgehead atoms. The largest absolute Gasteiger partial charge is 0.496 e. The zero-order valence-corrected chi connectivity index (χ0v) is 17.2. The zero-order valence-electron chi connectivity index (χ0n) is 15.6. The number of carbonyl (C=O) groups is 1. The van der Waals surface area contributed by atoms with E-state index in [1.165, 1.54) is 45.4 Å². The number of hydrogen-bond acceptors (Lipinski definition) is 5. The molecule has 1 aromatic rings. The number of rotatable bonds is 9. The van der Waals surface area contributed by atoms with Gasteiger partial charge < -0.3 is 20.1 Å². The van der Waals surface area contributed by atoms with Crippen LogP contribution in [0.4, 0.5) is 5.69 Å². The molecule has 1 unspecified atom stereocenters. The van der Waals surface area contributed by atoms with E-state index >= 15 is 0 Å². The molecule has 0 aliphatic carbocycles. The quantitative estimate of drug-likeness (QED) is 0.375. The molecular formula is C19H30Cl2N2O3. The van der Waals surface area contributed by atoms with Crippen molar-refractivity contribution in [2.24, 2.45) is 5.92 Å². The minimum absolute atomic E-state index is 0. The molecule has 1 heterocycles. The third kappa shape index (κ3) is 6.53. The third-order valence-electron chi connectivity index (χ3n) is 4.75. The molecule has 26 heavy (non-hydrogen) atoms. The maximum atomic E-state index is 12.3. The van der Waals surface area contributed by atoms with Gasteiger partial charge in [-0.1, -0.05) is 31.4 Å². The van der Waals surface area contributed by atoms with Gasteiger partial charge in [-0.3, -0.25) is 0 Å². The molecule has 1 aliphatic heterocycles. The fourth-order valence-electron chi connectivity index (χ4n) is 3.23. The Morgan fingerprint density at radius 1 is 1.38 bits per heavy atom. The van der Waals surface area contributed by atoms with Crippen molar-refractivity contribution < 1.29 is 14.3 Å². The SMILES string of the molecule is CCCCCN1CCC(CCOC(=O)c2cc(Cl)c(N)cc2OC)C1.Cl. The summed E-state index contributed by atoms with van der Waals surface area (Å²) >= 11 is 6.00. The number of unbranched alkanes of at least 4 members (excludes halogenated alkanes) is 2. The summed E-state index contributed by atoms with van der Waals surface area (Å²) in [6.45, 7) is 6.09. The van der Waals surface area contributed by atoms with Crippen LogP contribution in [-0.4, -0.2) is 44.2 Å². The standard InChI is InChI=1S/C19H29ClN2O3.ClH/c1-3-4-5-8-22-9-6-14(13-22)7-10-25-19(23)15-11-16(20)17(21)12-18(15)24-2;/h11-12,14H,3-10,13,21H2,1-2H3;1H. The summed E-state index contributed by atoms with van der Waals surface area (Å²) < 4.78 is 10.6. The molecule has 0 radical (unpaired) electrons. The number of nitrogens with zero attached hydrogens (tertiary/aromatic N) is 1. The van der Waals surface area contributed by atoms with E-state index in [-0.39, 0.29) is 12.4 Å². The lowest BCUT2D eigenvalue weighted by Gasteiger charge is -2.16. The van der Waals surface area contributed by atoms with E-state index in [4.69, 9.17) is 26.8 Å². The Morgan fingerprint density at radius 3 is 2.85 bits per heavy atom. The van der Waals surface area contributed by atoms with E-state index in [1.54, 1.807) is 6.07 Å². The number of halogens is 2. The highest BCUT2D eigenvalue weighted by Crippen LogP contribution is 2.29. The lowest BCUT2D eigenvalue weighted by molar-refractivity contribution is 0.0480. The molecular weight excluding hydrogens is 375 g/mol. The molecule has 2 rings (SSSR count). The van der Waals surface area contributed by atoms with Crippen LogP contribution in [-0.2, 0) is 4.74 Å². The van der Waals surface area contributed by atoms with Crippen molar-refractivity contribution in [1.82, 2.24) is 4.90 Å². The number of anilines is 1. The molecule has 5 nitrogen and oxygen atoms in total. The van der Waals surface area contributed by atoms with Gasteiger partial charge in [0.25, 0.3) is 0 Å². The summed E-state index contributed by atoms with van der Waals surface area (Å²) in [6, 6.07) is 3.05. The molecule has 1 aromatic carbocycles. The van der Waals surface area contributed by atoms with Crippen LogP contribution in [0.25, 0.3) is 0 Å². The van der Waals surface area contributed by atoms with E-state index in [0.717, 1.165) is 19.5 Å². The van der Waals surface area contributed by atoms with E-state index in [0.29, 0.717) is 34.5 Å². The van der Waals surface area contributed by atoms with E-state index in [2.05, 4.69) is 11.8 Å². The van der Waals surface area contributed by atoms with Crippen molar-refractivity contribution >= 4 is 35.7 Å². The van der Waals surface area contributed by atoms with Gasteiger partial charge >= 0.3 is 5.97 Å². The Morgan fingerprint density at radius 2 is 2.15 bits per heavy atom. The van der Waals surface area contributed by atoms with Gasteiger partial charge in [0.1, 0.15) is 11.3 Å². The van der Waals surface area contributed by atoms with Crippen molar-refractivity contribution in [3.05, 3.63) is 22.7 Å². The topological polar surface area (TPSA) is 64.8 Å². The van der Waals surface area contributed by atoms with Gasteiger partial charge in [0.2, 0.25) is 0 Å². The van der Waals surface area contributed by atoms with Crippen molar-refractivity contribution in [3.8, 4) is 5.75 Å².